The number of hydrogen-bond donors (Lipinski definition) is 2. The van der Waals surface area contributed by atoms with Gasteiger partial charge in [-0.25, -0.2) is 9.37 Å². The van der Waals surface area contributed by atoms with Crippen LogP contribution in [0.4, 0.5) is 15.8 Å². The molecule has 1 aliphatic heterocycles. The van der Waals surface area contributed by atoms with E-state index in [9.17, 15) is 19.7 Å². The highest BCUT2D eigenvalue weighted by molar-refractivity contribution is 6.17. The van der Waals surface area contributed by atoms with Crippen molar-refractivity contribution in [2.75, 3.05) is 5.32 Å². The predicted molar refractivity (Wildman–Crippen MR) is 109 cm³/mol. The molecule has 7 nitrogen and oxygen atoms in total. The van der Waals surface area contributed by atoms with Crippen LogP contribution < -0.4 is 10.9 Å². The van der Waals surface area contributed by atoms with Crippen molar-refractivity contribution >= 4 is 28.0 Å². The Morgan fingerprint density at radius 2 is 1.93 bits per heavy atom. The monoisotopic (exact) mass is 397 g/mol. The van der Waals surface area contributed by atoms with E-state index in [1.807, 2.05) is 6.07 Å². The standard InChI is InChI=1S/C22H12FN5O2/c23-13-5-7-14(8-6-13)25-17-3-1-2-15-19(17)26-21-20(27-30)16-10-12(11-24)4-9-18(16)28(21)22(15)29/h1-10,25,30H/b27-20+. The first-order valence-electron chi connectivity index (χ1n) is 8.96. The molecule has 0 aliphatic carbocycles. The van der Waals surface area contributed by atoms with Gasteiger partial charge in [0.25, 0.3) is 5.56 Å². The van der Waals surface area contributed by atoms with Gasteiger partial charge < -0.3 is 10.5 Å². The summed E-state index contributed by atoms with van der Waals surface area (Å²) < 4.78 is 14.6. The maximum atomic E-state index is 13.3. The number of benzene rings is 3. The number of aromatic nitrogens is 2. The zero-order chi connectivity index (χ0) is 20.8. The van der Waals surface area contributed by atoms with Crippen molar-refractivity contribution in [2.24, 2.45) is 5.16 Å². The van der Waals surface area contributed by atoms with Gasteiger partial charge in [-0.3, -0.25) is 9.36 Å². The quantitative estimate of drug-likeness (QED) is 0.349. The zero-order valence-electron chi connectivity index (χ0n) is 15.3. The lowest BCUT2D eigenvalue weighted by Gasteiger charge is -2.11. The summed E-state index contributed by atoms with van der Waals surface area (Å²) in [6.07, 6.45) is 0. The van der Waals surface area contributed by atoms with Crippen molar-refractivity contribution in [2.45, 2.75) is 0 Å². The lowest BCUT2D eigenvalue weighted by Crippen LogP contribution is -2.22. The number of hydrogen-bond acceptors (Lipinski definition) is 6. The molecule has 144 valence electrons. The number of oxime groups is 1. The van der Waals surface area contributed by atoms with Gasteiger partial charge in [-0.1, -0.05) is 11.2 Å². The number of fused-ring (bicyclic) bond motifs is 4. The molecule has 0 saturated heterocycles. The lowest BCUT2D eigenvalue weighted by molar-refractivity contribution is 0.319. The minimum atomic E-state index is -0.356. The Bertz CT molecular complexity index is 1470. The Hall–Kier alpha value is -4.51. The van der Waals surface area contributed by atoms with E-state index in [1.54, 1.807) is 48.5 Å². The normalized spacial score (nSPS) is 13.1. The van der Waals surface area contributed by atoms with Crippen LogP contribution in [0.25, 0.3) is 16.6 Å². The third kappa shape index (κ3) is 2.53. The molecule has 1 aliphatic rings. The fraction of sp³-hybridized carbons (Fsp3) is 0. The van der Waals surface area contributed by atoms with Crippen LogP contribution in [0, 0.1) is 17.1 Å². The molecule has 0 bridgehead atoms. The molecular formula is C22H12FN5O2. The highest BCUT2D eigenvalue weighted by atomic mass is 19.1. The first kappa shape index (κ1) is 17.6. The molecule has 4 aromatic rings. The van der Waals surface area contributed by atoms with Crippen LogP contribution >= 0.6 is 0 Å². The molecule has 0 spiro atoms. The van der Waals surface area contributed by atoms with E-state index in [-0.39, 0.29) is 22.9 Å². The van der Waals surface area contributed by atoms with Gasteiger partial charge in [0.2, 0.25) is 0 Å². The topological polar surface area (TPSA) is 103 Å². The maximum Gasteiger partial charge on any atom is 0.266 e. The molecule has 2 N–H and O–H groups in total. The minimum absolute atomic E-state index is 0.109. The van der Waals surface area contributed by atoms with E-state index in [0.29, 0.717) is 39.1 Å². The number of para-hydroxylation sites is 1. The highest BCUT2D eigenvalue weighted by Crippen LogP contribution is 2.30. The largest absolute Gasteiger partial charge is 0.410 e. The van der Waals surface area contributed by atoms with Crippen LogP contribution in [-0.2, 0) is 0 Å². The van der Waals surface area contributed by atoms with Crippen molar-refractivity contribution in [3.05, 3.63) is 93.8 Å². The fourth-order valence-electron chi connectivity index (χ4n) is 3.59. The van der Waals surface area contributed by atoms with E-state index in [1.165, 1.54) is 16.7 Å². The fourth-order valence-corrected chi connectivity index (χ4v) is 3.59. The van der Waals surface area contributed by atoms with Crippen molar-refractivity contribution in [3.63, 3.8) is 0 Å². The molecule has 0 unspecified atom stereocenters. The number of nitrogens with zero attached hydrogens (tertiary/aromatic N) is 4. The molecule has 0 amide bonds. The van der Waals surface area contributed by atoms with Gasteiger partial charge in [-0.2, -0.15) is 5.26 Å². The summed E-state index contributed by atoms with van der Waals surface area (Å²) in [5, 5.41) is 25.6. The van der Waals surface area contributed by atoms with Crippen molar-refractivity contribution < 1.29 is 9.60 Å². The molecule has 0 fully saturated rings. The van der Waals surface area contributed by atoms with Crippen LogP contribution in [0.5, 0.6) is 0 Å². The van der Waals surface area contributed by atoms with E-state index in [2.05, 4.69) is 15.5 Å². The Labute approximate surface area is 169 Å². The van der Waals surface area contributed by atoms with Gasteiger partial charge in [0.15, 0.2) is 11.5 Å². The average Bonchev–Trinajstić information content (AvgIpc) is 3.08. The lowest BCUT2D eigenvalue weighted by atomic mass is 10.1. The molecule has 2 heterocycles. The maximum absolute atomic E-state index is 13.3. The Balaban J connectivity index is 1.75. The third-order valence-corrected chi connectivity index (χ3v) is 4.96. The summed E-state index contributed by atoms with van der Waals surface area (Å²) in [6.45, 7) is 0. The van der Waals surface area contributed by atoms with Crippen molar-refractivity contribution in [1.29, 1.82) is 5.26 Å². The van der Waals surface area contributed by atoms with E-state index in [4.69, 9.17) is 0 Å². The number of nitrogens with one attached hydrogen (secondary N) is 1. The van der Waals surface area contributed by atoms with Crippen molar-refractivity contribution in [3.8, 4) is 11.8 Å². The van der Waals surface area contributed by atoms with Gasteiger partial charge >= 0.3 is 0 Å². The number of anilines is 2. The summed E-state index contributed by atoms with van der Waals surface area (Å²) in [4.78, 5) is 17.9. The van der Waals surface area contributed by atoms with Crippen LogP contribution in [0.3, 0.4) is 0 Å². The smallest absolute Gasteiger partial charge is 0.266 e. The minimum Gasteiger partial charge on any atom is -0.410 e. The molecular weight excluding hydrogens is 385 g/mol. The molecule has 30 heavy (non-hydrogen) atoms. The van der Waals surface area contributed by atoms with Gasteiger partial charge in [0.1, 0.15) is 11.3 Å². The number of rotatable bonds is 2. The molecule has 0 atom stereocenters. The Morgan fingerprint density at radius 3 is 2.67 bits per heavy atom. The van der Waals surface area contributed by atoms with Crippen LogP contribution in [0.1, 0.15) is 17.0 Å². The third-order valence-electron chi connectivity index (χ3n) is 4.96. The Kier molecular flexibility index (Phi) is 3.83. The van der Waals surface area contributed by atoms with Crippen LogP contribution in [0.15, 0.2) is 70.6 Å². The number of halogens is 1. The second kappa shape index (κ2) is 6.53. The molecule has 8 heteroatoms. The summed E-state index contributed by atoms with van der Waals surface area (Å²) >= 11 is 0. The summed E-state index contributed by atoms with van der Waals surface area (Å²) in [7, 11) is 0. The second-order valence-corrected chi connectivity index (χ2v) is 6.70. The SMILES string of the molecule is N#Cc1ccc2c(c1)/C(=N\O)c1nc3c(Nc4ccc(F)cc4)cccc3c(=O)n1-2. The van der Waals surface area contributed by atoms with E-state index < -0.39 is 0 Å². The first-order chi connectivity index (χ1) is 14.6. The summed E-state index contributed by atoms with van der Waals surface area (Å²) in [5.41, 5.74) is 2.65. The van der Waals surface area contributed by atoms with Gasteiger partial charge in [0.05, 0.1) is 28.4 Å². The Morgan fingerprint density at radius 1 is 1.13 bits per heavy atom. The number of nitriles is 1. The van der Waals surface area contributed by atoms with Gasteiger partial charge in [-0.15, -0.1) is 0 Å². The molecule has 5 rings (SSSR count). The van der Waals surface area contributed by atoms with Gasteiger partial charge in [0, 0.05) is 11.3 Å². The average molecular weight is 397 g/mol. The van der Waals surface area contributed by atoms with Gasteiger partial charge in [-0.05, 0) is 54.6 Å². The molecule has 0 saturated carbocycles. The van der Waals surface area contributed by atoms with E-state index in [0.717, 1.165) is 0 Å². The van der Waals surface area contributed by atoms with Crippen LogP contribution in [-0.4, -0.2) is 20.5 Å². The molecule has 0 radical (unpaired) electrons. The van der Waals surface area contributed by atoms with Crippen LogP contribution in [0.2, 0.25) is 0 Å². The molecule has 1 aromatic heterocycles. The summed E-state index contributed by atoms with van der Waals surface area (Å²) in [5.74, 6) is -0.181. The molecule has 3 aromatic carbocycles. The zero-order valence-corrected chi connectivity index (χ0v) is 15.3. The highest BCUT2D eigenvalue weighted by Gasteiger charge is 2.30. The van der Waals surface area contributed by atoms with E-state index >= 15 is 0 Å². The van der Waals surface area contributed by atoms with Crippen molar-refractivity contribution in [1.82, 2.24) is 9.55 Å². The predicted octanol–water partition coefficient (Wildman–Crippen LogP) is 3.68. The first-order valence-corrected chi connectivity index (χ1v) is 8.96. The summed E-state index contributed by atoms with van der Waals surface area (Å²) in [6, 6.07) is 17.8. The second-order valence-electron chi connectivity index (χ2n) is 6.70.